The quantitative estimate of drug-likeness (QED) is 0.537. The van der Waals surface area contributed by atoms with E-state index in [0.717, 1.165) is 15.8 Å². The SMILES string of the molecule is Cc1c(C(=O)N(C)C)sc2ncn3nc(-c4c(Cl)cnn4C)nc3c12. The van der Waals surface area contributed by atoms with Gasteiger partial charge in [0.15, 0.2) is 5.65 Å². The fraction of sp³-hybridized carbons (Fsp3) is 0.267. The molecule has 0 fully saturated rings. The van der Waals surface area contributed by atoms with Gasteiger partial charge in [0.2, 0.25) is 5.82 Å². The van der Waals surface area contributed by atoms with Crippen molar-refractivity contribution in [1.82, 2.24) is 34.3 Å². The van der Waals surface area contributed by atoms with Crippen molar-refractivity contribution in [3.63, 3.8) is 0 Å². The molecule has 4 rings (SSSR count). The predicted octanol–water partition coefficient (Wildman–Crippen LogP) is 2.40. The highest BCUT2D eigenvalue weighted by molar-refractivity contribution is 7.20. The van der Waals surface area contributed by atoms with Crippen LogP contribution in [0.4, 0.5) is 0 Å². The summed E-state index contributed by atoms with van der Waals surface area (Å²) < 4.78 is 3.23. The smallest absolute Gasteiger partial charge is 0.263 e. The molecule has 0 N–H and O–H groups in total. The summed E-state index contributed by atoms with van der Waals surface area (Å²) in [5.41, 5.74) is 2.13. The highest BCUT2D eigenvalue weighted by Crippen LogP contribution is 2.33. The van der Waals surface area contributed by atoms with E-state index in [4.69, 9.17) is 11.6 Å². The number of amides is 1. The normalized spacial score (nSPS) is 11.6. The van der Waals surface area contributed by atoms with Gasteiger partial charge in [-0.05, 0) is 12.5 Å². The van der Waals surface area contributed by atoms with Crippen LogP contribution in [-0.4, -0.2) is 54.3 Å². The third-order valence-corrected chi connectivity index (χ3v) is 5.44. The second-order valence-corrected chi connectivity index (χ2v) is 7.26. The van der Waals surface area contributed by atoms with Gasteiger partial charge in [0.05, 0.1) is 21.5 Å². The molecule has 10 heteroatoms. The van der Waals surface area contributed by atoms with E-state index < -0.39 is 0 Å². The molecule has 8 nitrogen and oxygen atoms in total. The van der Waals surface area contributed by atoms with Gasteiger partial charge in [0, 0.05) is 21.1 Å². The second-order valence-electron chi connectivity index (χ2n) is 5.85. The third kappa shape index (κ3) is 2.30. The summed E-state index contributed by atoms with van der Waals surface area (Å²) in [7, 11) is 5.24. The lowest BCUT2D eigenvalue weighted by Gasteiger charge is -2.08. The molecule has 4 aromatic rings. The number of carbonyl (C=O) groups is 1. The van der Waals surface area contributed by atoms with Crippen molar-refractivity contribution in [3.8, 4) is 11.5 Å². The van der Waals surface area contributed by atoms with E-state index >= 15 is 0 Å². The second kappa shape index (κ2) is 5.50. The molecule has 128 valence electrons. The Labute approximate surface area is 151 Å². The lowest BCUT2D eigenvalue weighted by Crippen LogP contribution is -2.21. The van der Waals surface area contributed by atoms with Crippen molar-refractivity contribution in [3.05, 3.63) is 28.0 Å². The molecule has 0 saturated carbocycles. The van der Waals surface area contributed by atoms with Crippen molar-refractivity contribution in [2.75, 3.05) is 14.1 Å². The number of halogens is 1. The molecule has 0 aliphatic carbocycles. The van der Waals surface area contributed by atoms with Crippen LogP contribution < -0.4 is 0 Å². The van der Waals surface area contributed by atoms with Crippen molar-refractivity contribution in [2.45, 2.75) is 6.92 Å². The first kappa shape index (κ1) is 16.0. The number of hydrogen-bond acceptors (Lipinski definition) is 6. The van der Waals surface area contributed by atoms with E-state index in [1.807, 2.05) is 6.92 Å². The molecule has 0 bridgehead atoms. The summed E-state index contributed by atoms with van der Waals surface area (Å²) in [5.74, 6) is 0.415. The van der Waals surface area contributed by atoms with Crippen molar-refractivity contribution < 1.29 is 4.79 Å². The van der Waals surface area contributed by atoms with Gasteiger partial charge in [0.25, 0.3) is 5.91 Å². The molecule has 25 heavy (non-hydrogen) atoms. The Morgan fingerprint density at radius 1 is 1.36 bits per heavy atom. The zero-order valence-corrected chi connectivity index (χ0v) is 15.6. The highest BCUT2D eigenvalue weighted by atomic mass is 35.5. The van der Waals surface area contributed by atoms with Gasteiger partial charge in [-0.3, -0.25) is 9.48 Å². The average molecular weight is 376 g/mol. The predicted molar refractivity (Wildman–Crippen MR) is 96.1 cm³/mol. The number of hydrogen-bond donors (Lipinski definition) is 0. The van der Waals surface area contributed by atoms with E-state index in [-0.39, 0.29) is 5.91 Å². The lowest BCUT2D eigenvalue weighted by atomic mass is 10.2. The summed E-state index contributed by atoms with van der Waals surface area (Å²) in [5, 5.41) is 9.89. The van der Waals surface area contributed by atoms with Crippen LogP contribution in [0.1, 0.15) is 15.2 Å². The van der Waals surface area contributed by atoms with Crippen LogP contribution >= 0.6 is 22.9 Å². The first-order valence-corrected chi connectivity index (χ1v) is 8.62. The van der Waals surface area contributed by atoms with E-state index in [1.165, 1.54) is 11.3 Å². The van der Waals surface area contributed by atoms with Crippen LogP contribution in [0.15, 0.2) is 12.5 Å². The molecular formula is C15H14ClN7OS. The fourth-order valence-corrected chi connectivity index (χ4v) is 4.12. The van der Waals surface area contributed by atoms with Crippen LogP contribution in [0.25, 0.3) is 27.4 Å². The van der Waals surface area contributed by atoms with Gasteiger partial charge in [-0.2, -0.15) is 5.10 Å². The van der Waals surface area contributed by atoms with Gasteiger partial charge >= 0.3 is 0 Å². The topological polar surface area (TPSA) is 81.2 Å². The standard InChI is InChI=1S/C15H14ClN7OS/c1-7-9-13-19-12(10-8(16)5-18-22(10)4)20-23(13)6-17-14(9)25-11(7)15(24)21(2)3/h5-6H,1-4H3. The molecule has 0 saturated heterocycles. The Morgan fingerprint density at radius 3 is 2.76 bits per heavy atom. The van der Waals surface area contributed by atoms with Crippen molar-refractivity contribution in [2.24, 2.45) is 7.05 Å². The maximum atomic E-state index is 12.4. The van der Waals surface area contributed by atoms with Crippen molar-refractivity contribution >= 4 is 44.7 Å². The molecule has 0 aliphatic heterocycles. The Balaban J connectivity index is 2.00. The lowest BCUT2D eigenvalue weighted by molar-refractivity contribution is 0.0831. The molecule has 0 unspecified atom stereocenters. The molecule has 1 amide bonds. The van der Waals surface area contributed by atoms with Gasteiger partial charge in [0.1, 0.15) is 16.9 Å². The van der Waals surface area contributed by atoms with E-state index in [1.54, 1.807) is 47.8 Å². The molecule has 0 radical (unpaired) electrons. The largest absolute Gasteiger partial charge is 0.344 e. The minimum atomic E-state index is -0.0481. The maximum Gasteiger partial charge on any atom is 0.263 e. The minimum Gasteiger partial charge on any atom is -0.344 e. The summed E-state index contributed by atoms with van der Waals surface area (Å²) in [4.78, 5) is 24.4. The Kier molecular flexibility index (Phi) is 3.51. The Morgan fingerprint density at radius 2 is 2.12 bits per heavy atom. The number of aryl methyl sites for hydroxylation is 2. The van der Waals surface area contributed by atoms with E-state index in [0.29, 0.717) is 27.1 Å². The van der Waals surface area contributed by atoms with Crippen molar-refractivity contribution in [1.29, 1.82) is 0 Å². The van der Waals surface area contributed by atoms with Gasteiger partial charge < -0.3 is 4.90 Å². The monoisotopic (exact) mass is 375 g/mol. The number of nitrogens with zero attached hydrogens (tertiary/aromatic N) is 7. The molecular weight excluding hydrogens is 362 g/mol. The molecule has 0 spiro atoms. The van der Waals surface area contributed by atoms with E-state index in [2.05, 4.69) is 20.2 Å². The zero-order chi connectivity index (χ0) is 17.9. The number of rotatable bonds is 2. The average Bonchev–Trinajstić information content (AvgIpc) is 3.22. The Hall–Kier alpha value is -2.52. The Bertz CT molecular complexity index is 1120. The summed E-state index contributed by atoms with van der Waals surface area (Å²) >= 11 is 7.56. The summed E-state index contributed by atoms with van der Waals surface area (Å²) in [6.07, 6.45) is 3.15. The van der Waals surface area contributed by atoms with Crippen LogP contribution in [0.2, 0.25) is 5.02 Å². The molecule has 0 atom stereocenters. The summed E-state index contributed by atoms with van der Waals surface area (Å²) in [6.45, 7) is 1.91. The van der Waals surface area contributed by atoms with Gasteiger partial charge in [-0.15, -0.1) is 16.4 Å². The minimum absolute atomic E-state index is 0.0481. The highest BCUT2D eigenvalue weighted by Gasteiger charge is 2.22. The number of aromatic nitrogens is 6. The van der Waals surface area contributed by atoms with Crippen LogP contribution in [0.3, 0.4) is 0 Å². The maximum absolute atomic E-state index is 12.4. The fourth-order valence-electron chi connectivity index (χ4n) is 2.70. The van der Waals surface area contributed by atoms with E-state index in [9.17, 15) is 4.79 Å². The number of thiophene rings is 1. The van der Waals surface area contributed by atoms with Gasteiger partial charge in [-0.25, -0.2) is 14.5 Å². The van der Waals surface area contributed by atoms with Gasteiger partial charge in [-0.1, -0.05) is 11.6 Å². The zero-order valence-electron chi connectivity index (χ0n) is 14.0. The van der Waals surface area contributed by atoms with Crippen LogP contribution in [0.5, 0.6) is 0 Å². The number of carbonyl (C=O) groups excluding carboxylic acids is 1. The van der Waals surface area contributed by atoms with Crippen LogP contribution in [0, 0.1) is 6.92 Å². The third-order valence-electron chi connectivity index (χ3n) is 3.97. The number of fused-ring (bicyclic) bond motifs is 3. The first-order chi connectivity index (χ1) is 11.9. The molecule has 4 heterocycles. The van der Waals surface area contributed by atoms with Crippen LogP contribution in [-0.2, 0) is 7.05 Å². The molecule has 0 aliphatic rings. The molecule has 4 aromatic heterocycles. The molecule has 0 aromatic carbocycles. The summed E-state index contributed by atoms with van der Waals surface area (Å²) in [6, 6.07) is 0. The first-order valence-electron chi connectivity index (χ1n) is 7.42.